The molecule has 1 N–H and O–H groups in total. The molecule has 0 saturated carbocycles. The molecule has 0 aromatic heterocycles. The van der Waals surface area contributed by atoms with Crippen LogP contribution < -0.4 is 10.2 Å². The second kappa shape index (κ2) is 7.92. The topological polar surface area (TPSA) is 52.7 Å². The number of hydrogen-bond acceptors (Lipinski definition) is 3. The van der Waals surface area contributed by atoms with Crippen molar-refractivity contribution in [3.8, 4) is 0 Å². The molecule has 7 heteroatoms. The summed E-state index contributed by atoms with van der Waals surface area (Å²) < 4.78 is 14.0. The molecule has 3 aliphatic rings. The lowest BCUT2D eigenvalue weighted by molar-refractivity contribution is -0.135. The third-order valence-electron chi connectivity index (χ3n) is 5.95. The average molecular weight is 382 g/mol. The predicted molar refractivity (Wildman–Crippen MR) is 99.8 cm³/mol. The van der Waals surface area contributed by atoms with Gasteiger partial charge in [-0.3, -0.25) is 9.59 Å². The SMILES string of the molecule is Cl.O=C(C1CC(=O)N(c2ccccc2F)C1)N1CC[C@@H]2CNC[C@@H]2CC1. The van der Waals surface area contributed by atoms with Gasteiger partial charge >= 0.3 is 0 Å². The van der Waals surface area contributed by atoms with E-state index in [0.29, 0.717) is 11.8 Å². The fraction of sp³-hybridized carbons (Fsp3) is 0.579. The van der Waals surface area contributed by atoms with Crippen LogP contribution in [0.3, 0.4) is 0 Å². The van der Waals surface area contributed by atoms with Gasteiger partial charge in [0.25, 0.3) is 0 Å². The molecule has 1 aromatic carbocycles. The summed E-state index contributed by atoms with van der Waals surface area (Å²) in [6.45, 7) is 3.92. The number of benzene rings is 1. The summed E-state index contributed by atoms with van der Waals surface area (Å²) in [5.41, 5.74) is 0.277. The predicted octanol–water partition coefficient (Wildman–Crippen LogP) is 2.06. The molecule has 3 fully saturated rings. The average Bonchev–Trinajstić information content (AvgIpc) is 3.16. The first kappa shape index (κ1) is 19.1. The lowest BCUT2D eigenvalue weighted by Gasteiger charge is -2.24. The van der Waals surface area contributed by atoms with E-state index >= 15 is 0 Å². The molecule has 1 unspecified atom stereocenters. The number of fused-ring (bicyclic) bond motifs is 1. The maximum Gasteiger partial charge on any atom is 0.228 e. The molecule has 3 atom stereocenters. The van der Waals surface area contributed by atoms with E-state index in [4.69, 9.17) is 0 Å². The zero-order chi connectivity index (χ0) is 17.4. The lowest BCUT2D eigenvalue weighted by Crippen LogP contribution is -2.38. The molecular weight excluding hydrogens is 357 g/mol. The molecular formula is C19H25ClFN3O2. The van der Waals surface area contributed by atoms with Gasteiger partial charge in [-0.1, -0.05) is 12.1 Å². The lowest BCUT2D eigenvalue weighted by atomic mass is 9.92. The minimum atomic E-state index is -0.418. The monoisotopic (exact) mass is 381 g/mol. The van der Waals surface area contributed by atoms with Crippen molar-refractivity contribution in [3.05, 3.63) is 30.1 Å². The van der Waals surface area contributed by atoms with Gasteiger partial charge in [0.1, 0.15) is 5.82 Å². The van der Waals surface area contributed by atoms with Crippen LogP contribution in [0, 0.1) is 23.6 Å². The second-order valence-corrected chi connectivity index (χ2v) is 7.44. The summed E-state index contributed by atoms with van der Waals surface area (Å²) in [6, 6.07) is 6.26. The first-order valence-corrected chi connectivity index (χ1v) is 9.18. The first-order valence-electron chi connectivity index (χ1n) is 9.18. The quantitative estimate of drug-likeness (QED) is 0.853. The van der Waals surface area contributed by atoms with Crippen LogP contribution in [0.5, 0.6) is 0 Å². The molecule has 2 amide bonds. The molecule has 0 bridgehead atoms. The largest absolute Gasteiger partial charge is 0.342 e. The minimum absolute atomic E-state index is 0. The number of rotatable bonds is 2. The number of anilines is 1. The normalized spacial score (nSPS) is 28.5. The Morgan fingerprint density at radius 1 is 1.12 bits per heavy atom. The smallest absolute Gasteiger partial charge is 0.228 e. The molecule has 0 aliphatic carbocycles. The maximum absolute atomic E-state index is 14.0. The summed E-state index contributed by atoms with van der Waals surface area (Å²) in [5, 5.41) is 3.44. The van der Waals surface area contributed by atoms with E-state index in [2.05, 4.69) is 5.32 Å². The van der Waals surface area contributed by atoms with Crippen LogP contribution >= 0.6 is 12.4 Å². The summed E-state index contributed by atoms with van der Waals surface area (Å²) >= 11 is 0. The van der Waals surface area contributed by atoms with Gasteiger partial charge in [-0.15, -0.1) is 12.4 Å². The van der Waals surface area contributed by atoms with Crippen LogP contribution in [-0.2, 0) is 9.59 Å². The van der Waals surface area contributed by atoms with Crippen LogP contribution in [0.2, 0.25) is 0 Å². The van der Waals surface area contributed by atoms with Crippen molar-refractivity contribution in [2.24, 2.45) is 17.8 Å². The van der Waals surface area contributed by atoms with Gasteiger partial charge in [0, 0.05) is 26.1 Å². The third-order valence-corrected chi connectivity index (χ3v) is 5.95. The molecule has 0 spiro atoms. The van der Waals surface area contributed by atoms with Crippen molar-refractivity contribution >= 4 is 29.9 Å². The van der Waals surface area contributed by atoms with Crippen LogP contribution in [0.25, 0.3) is 0 Å². The highest BCUT2D eigenvalue weighted by atomic mass is 35.5. The molecule has 1 aromatic rings. The molecule has 4 rings (SSSR count). The summed E-state index contributed by atoms with van der Waals surface area (Å²) in [4.78, 5) is 28.6. The fourth-order valence-corrected chi connectivity index (χ4v) is 4.47. The maximum atomic E-state index is 14.0. The van der Waals surface area contributed by atoms with Crippen molar-refractivity contribution in [3.63, 3.8) is 0 Å². The third kappa shape index (κ3) is 3.58. The zero-order valence-electron chi connectivity index (χ0n) is 14.7. The molecule has 26 heavy (non-hydrogen) atoms. The fourth-order valence-electron chi connectivity index (χ4n) is 4.47. The Balaban J connectivity index is 0.00000196. The van der Waals surface area contributed by atoms with Gasteiger partial charge in [0.05, 0.1) is 11.6 Å². The van der Waals surface area contributed by atoms with Crippen molar-refractivity contribution in [2.75, 3.05) is 37.6 Å². The van der Waals surface area contributed by atoms with E-state index in [1.54, 1.807) is 18.2 Å². The highest BCUT2D eigenvalue weighted by molar-refractivity contribution is 6.00. The molecule has 0 radical (unpaired) electrons. The van der Waals surface area contributed by atoms with Gasteiger partial charge < -0.3 is 15.1 Å². The summed E-state index contributed by atoms with van der Waals surface area (Å²) in [7, 11) is 0. The number of halogens is 2. The number of likely N-dealkylation sites (tertiary alicyclic amines) is 1. The molecule has 3 saturated heterocycles. The van der Waals surface area contributed by atoms with Gasteiger partial charge in [-0.25, -0.2) is 4.39 Å². The van der Waals surface area contributed by atoms with Gasteiger partial charge in [0.15, 0.2) is 0 Å². The van der Waals surface area contributed by atoms with Crippen LogP contribution in [0.4, 0.5) is 10.1 Å². The molecule has 3 aliphatic heterocycles. The van der Waals surface area contributed by atoms with Crippen molar-refractivity contribution in [1.29, 1.82) is 0 Å². The van der Waals surface area contributed by atoms with E-state index in [1.165, 1.54) is 11.0 Å². The number of nitrogens with one attached hydrogen (secondary N) is 1. The van der Waals surface area contributed by atoms with Crippen molar-refractivity contribution in [1.82, 2.24) is 10.2 Å². The van der Waals surface area contributed by atoms with Crippen molar-refractivity contribution in [2.45, 2.75) is 19.3 Å². The first-order chi connectivity index (χ1) is 12.1. The number of carbonyl (C=O) groups is 2. The van der Waals surface area contributed by atoms with Crippen LogP contribution in [0.15, 0.2) is 24.3 Å². The Hall–Kier alpha value is -1.66. The van der Waals surface area contributed by atoms with Gasteiger partial charge in [0.2, 0.25) is 11.8 Å². The Morgan fingerprint density at radius 2 is 1.77 bits per heavy atom. The minimum Gasteiger partial charge on any atom is -0.342 e. The molecule has 142 valence electrons. The standard InChI is InChI=1S/C19H24FN3O2.ClH/c20-16-3-1-2-4-17(16)23-12-15(9-18(23)24)19(25)22-7-5-13-10-21-11-14(13)6-8-22;/h1-4,13-15,21H,5-12H2;1H/t13-,14+,15?;. The van der Waals surface area contributed by atoms with E-state index in [9.17, 15) is 14.0 Å². The van der Waals surface area contributed by atoms with Gasteiger partial charge in [-0.2, -0.15) is 0 Å². The number of hydrogen-bond donors (Lipinski definition) is 1. The Bertz CT molecular complexity index is 673. The molecule has 5 nitrogen and oxygen atoms in total. The highest BCUT2D eigenvalue weighted by Crippen LogP contribution is 2.31. The Kier molecular flexibility index (Phi) is 5.82. The van der Waals surface area contributed by atoms with Crippen molar-refractivity contribution < 1.29 is 14.0 Å². The zero-order valence-corrected chi connectivity index (χ0v) is 15.5. The second-order valence-electron chi connectivity index (χ2n) is 7.44. The highest BCUT2D eigenvalue weighted by Gasteiger charge is 2.39. The van der Waals surface area contributed by atoms with E-state index < -0.39 is 5.82 Å². The van der Waals surface area contributed by atoms with Crippen LogP contribution in [0.1, 0.15) is 19.3 Å². The summed E-state index contributed by atoms with van der Waals surface area (Å²) in [6.07, 6.45) is 2.24. The summed E-state index contributed by atoms with van der Waals surface area (Å²) in [5.74, 6) is 0.442. The van der Waals surface area contributed by atoms with E-state index in [1.807, 2.05) is 4.90 Å². The number of carbonyl (C=O) groups excluding carboxylic acids is 2. The van der Waals surface area contributed by atoms with Crippen LogP contribution in [-0.4, -0.2) is 49.4 Å². The van der Waals surface area contributed by atoms with Gasteiger partial charge in [-0.05, 0) is 49.9 Å². The number of nitrogens with zero attached hydrogens (tertiary/aromatic N) is 2. The number of amides is 2. The Morgan fingerprint density at radius 3 is 2.42 bits per heavy atom. The molecule has 3 heterocycles. The van der Waals surface area contributed by atoms with E-state index in [-0.39, 0.29) is 48.8 Å². The number of para-hydroxylation sites is 1. The Labute approximate surface area is 159 Å². The van der Waals surface area contributed by atoms with E-state index in [0.717, 1.165) is 39.0 Å².